The van der Waals surface area contributed by atoms with Crippen molar-refractivity contribution in [2.45, 2.75) is 0 Å². The van der Waals surface area contributed by atoms with Crippen LogP contribution in [0.1, 0.15) is 0 Å². The van der Waals surface area contributed by atoms with E-state index in [1.807, 2.05) is 0 Å². The quantitative estimate of drug-likeness (QED) is 0.596. The van der Waals surface area contributed by atoms with Crippen molar-refractivity contribution in [3.8, 4) is 0 Å². The third kappa shape index (κ3) is 1.26. The zero-order valence-electron chi connectivity index (χ0n) is 7.39. The Morgan fingerprint density at radius 2 is 1.86 bits per heavy atom. The molecular formula is C9H7NO3S. The molecule has 1 aliphatic heterocycles. The number of fused-ring (bicyclic) bond motifs is 1. The summed E-state index contributed by atoms with van der Waals surface area (Å²) >= 11 is 0. The summed E-state index contributed by atoms with van der Waals surface area (Å²) in [7, 11) is -3.49. The van der Waals surface area contributed by atoms with Crippen molar-refractivity contribution in [1.29, 1.82) is 0 Å². The van der Waals surface area contributed by atoms with E-state index in [-0.39, 0.29) is 4.91 Å². The van der Waals surface area contributed by atoms with Gasteiger partial charge < -0.3 is 0 Å². The number of amides is 1. The van der Waals surface area contributed by atoms with Crippen LogP contribution in [-0.2, 0) is 14.6 Å². The van der Waals surface area contributed by atoms with E-state index in [9.17, 15) is 13.2 Å². The Bertz CT molecular complexity index is 628. The zero-order chi connectivity index (χ0) is 10.3. The fraction of sp³-hybridized carbons (Fsp3) is 0.111. The first kappa shape index (κ1) is 9.08. The zero-order valence-corrected chi connectivity index (χ0v) is 8.21. The molecule has 1 heterocycles. The Morgan fingerprint density at radius 3 is 2.50 bits per heavy atom. The number of hydrogen-bond donors (Lipinski definition) is 0. The second-order valence-corrected chi connectivity index (χ2v) is 4.99. The van der Waals surface area contributed by atoms with Crippen molar-refractivity contribution in [3.63, 3.8) is 0 Å². The SMILES string of the molecule is CS(=O)(=O)C1=c2ccccc2=NC1=O. The normalized spacial score (nSPS) is 15.2. The average Bonchev–Trinajstić information content (AvgIpc) is 2.38. The number of hydrogen-bond acceptors (Lipinski definition) is 3. The second-order valence-electron chi connectivity index (χ2n) is 3.04. The molecular weight excluding hydrogens is 202 g/mol. The predicted molar refractivity (Wildman–Crippen MR) is 50.5 cm³/mol. The van der Waals surface area contributed by atoms with Crippen molar-refractivity contribution in [3.05, 3.63) is 34.8 Å². The van der Waals surface area contributed by atoms with Gasteiger partial charge in [0.1, 0.15) is 4.91 Å². The van der Waals surface area contributed by atoms with Crippen LogP contribution in [0.5, 0.6) is 0 Å². The molecule has 1 aliphatic rings. The van der Waals surface area contributed by atoms with Gasteiger partial charge in [-0.15, -0.1) is 0 Å². The molecule has 0 bridgehead atoms. The van der Waals surface area contributed by atoms with Crippen LogP contribution < -0.4 is 10.6 Å². The van der Waals surface area contributed by atoms with E-state index in [4.69, 9.17) is 0 Å². The van der Waals surface area contributed by atoms with Gasteiger partial charge in [-0.25, -0.2) is 13.4 Å². The van der Waals surface area contributed by atoms with Gasteiger partial charge in [0.25, 0.3) is 5.91 Å². The van der Waals surface area contributed by atoms with Crippen molar-refractivity contribution in [2.75, 3.05) is 6.26 Å². The Morgan fingerprint density at radius 1 is 1.21 bits per heavy atom. The van der Waals surface area contributed by atoms with Gasteiger partial charge in [-0.1, -0.05) is 18.2 Å². The van der Waals surface area contributed by atoms with Crippen molar-refractivity contribution >= 4 is 20.6 Å². The molecule has 0 aromatic heterocycles. The summed E-state index contributed by atoms with van der Waals surface area (Å²) in [6.07, 6.45) is 1.01. The summed E-state index contributed by atoms with van der Waals surface area (Å²) in [6.45, 7) is 0. The predicted octanol–water partition coefficient (Wildman–Crippen LogP) is -1.00. The van der Waals surface area contributed by atoms with E-state index in [2.05, 4.69) is 4.99 Å². The molecule has 2 rings (SSSR count). The maximum Gasteiger partial charge on any atom is 0.289 e. The lowest BCUT2D eigenvalue weighted by Gasteiger charge is -1.93. The lowest BCUT2D eigenvalue weighted by molar-refractivity contribution is -0.112. The number of rotatable bonds is 1. The van der Waals surface area contributed by atoms with Gasteiger partial charge in [-0.3, -0.25) is 4.79 Å². The van der Waals surface area contributed by atoms with Crippen LogP contribution in [0.4, 0.5) is 0 Å². The molecule has 1 aromatic rings. The molecule has 1 aromatic carbocycles. The standard InChI is InChI=1S/C9H7NO3S/c1-14(12,13)8-6-4-2-3-5-7(6)10-9(8)11/h2-5H,1H3. The number of para-hydroxylation sites is 1. The van der Waals surface area contributed by atoms with Gasteiger partial charge in [0, 0.05) is 11.5 Å². The topological polar surface area (TPSA) is 63.6 Å². The van der Waals surface area contributed by atoms with Crippen LogP contribution in [0.3, 0.4) is 0 Å². The number of benzene rings is 1. The smallest absolute Gasteiger partial charge is 0.266 e. The van der Waals surface area contributed by atoms with E-state index in [0.29, 0.717) is 10.6 Å². The number of sulfone groups is 1. The highest BCUT2D eigenvalue weighted by Crippen LogP contribution is 2.07. The maximum absolute atomic E-state index is 11.3. The largest absolute Gasteiger partial charge is 0.289 e. The van der Waals surface area contributed by atoms with Gasteiger partial charge >= 0.3 is 0 Å². The van der Waals surface area contributed by atoms with Gasteiger partial charge in [0.2, 0.25) is 0 Å². The molecule has 0 atom stereocenters. The molecule has 0 saturated carbocycles. The van der Waals surface area contributed by atoms with Crippen LogP contribution in [-0.4, -0.2) is 20.6 Å². The Balaban J connectivity index is 3.01. The van der Waals surface area contributed by atoms with Gasteiger partial charge in [0.15, 0.2) is 9.84 Å². The first-order chi connectivity index (χ1) is 6.50. The summed E-state index contributed by atoms with van der Waals surface area (Å²) in [5.41, 5.74) is 0. The molecule has 14 heavy (non-hydrogen) atoms. The minimum Gasteiger partial charge on any atom is -0.266 e. The van der Waals surface area contributed by atoms with Crippen molar-refractivity contribution in [2.24, 2.45) is 4.99 Å². The number of carbonyl (C=O) groups excluding carboxylic acids is 1. The monoisotopic (exact) mass is 209 g/mol. The van der Waals surface area contributed by atoms with Crippen molar-refractivity contribution in [1.82, 2.24) is 0 Å². The maximum atomic E-state index is 11.3. The average molecular weight is 209 g/mol. The molecule has 0 spiro atoms. The summed E-state index contributed by atoms with van der Waals surface area (Å²) < 4.78 is 22.6. The lowest BCUT2D eigenvalue weighted by Crippen LogP contribution is -2.24. The second kappa shape index (κ2) is 2.75. The molecule has 4 nitrogen and oxygen atoms in total. The van der Waals surface area contributed by atoms with Crippen LogP contribution in [0.15, 0.2) is 29.3 Å². The highest BCUT2D eigenvalue weighted by Gasteiger charge is 2.24. The van der Waals surface area contributed by atoms with E-state index in [0.717, 1.165) is 6.26 Å². The van der Waals surface area contributed by atoms with E-state index < -0.39 is 15.7 Å². The third-order valence-corrected chi connectivity index (χ3v) is 3.07. The van der Waals surface area contributed by atoms with Crippen LogP contribution in [0.2, 0.25) is 0 Å². The third-order valence-electron chi connectivity index (χ3n) is 1.94. The van der Waals surface area contributed by atoms with E-state index >= 15 is 0 Å². The molecule has 0 fully saturated rings. The molecule has 0 unspecified atom stereocenters. The van der Waals surface area contributed by atoms with Crippen molar-refractivity contribution < 1.29 is 13.2 Å². The molecule has 0 radical (unpaired) electrons. The Kier molecular flexibility index (Phi) is 1.78. The summed E-state index contributed by atoms with van der Waals surface area (Å²) in [5.74, 6) is -0.672. The number of nitrogens with zero attached hydrogens (tertiary/aromatic N) is 1. The summed E-state index contributed by atoms with van der Waals surface area (Å²) in [6, 6.07) is 6.59. The molecule has 0 N–H and O–H groups in total. The van der Waals surface area contributed by atoms with Gasteiger partial charge in [-0.2, -0.15) is 0 Å². The van der Waals surface area contributed by atoms with Crippen LogP contribution in [0.25, 0.3) is 4.91 Å². The van der Waals surface area contributed by atoms with Gasteiger partial charge in [0.05, 0.1) is 5.36 Å². The fourth-order valence-electron chi connectivity index (χ4n) is 1.40. The van der Waals surface area contributed by atoms with Gasteiger partial charge in [-0.05, 0) is 6.07 Å². The summed E-state index contributed by atoms with van der Waals surface area (Å²) in [4.78, 5) is 14.7. The highest BCUT2D eigenvalue weighted by atomic mass is 32.2. The summed E-state index contributed by atoms with van der Waals surface area (Å²) in [5, 5.41) is 0.831. The molecule has 72 valence electrons. The molecule has 0 aliphatic carbocycles. The highest BCUT2D eigenvalue weighted by molar-refractivity contribution is 8.00. The molecule has 1 amide bonds. The Hall–Kier alpha value is -1.49. The molecule has 5 heteroatoms. The van der Waals surface area contributed by atoms with Crippen LogP contribution >= 0.6 is 0 Å². The number of carbonyl (C=O) groups is 1. The first-order valence-corrected chi connectivity index (χ1v) is 5.82. The molecule has 0 saturated heterocycles. The minimum absolute atomic E-state index is 0.201. The first-order valence-electron chi connectivity index (χ1n) is 3.92. The van der Waals surface area contributed by atoms with E-state index in [1.54, 1.807) is 24.3 Å². The van der Waals surface area contributed by atoms with Crippen LogP contribution in [0, 0.1) is 0 Å². The Labute approximate surface area is 80.5 Å². The van der Waals surface area contributed by atoms with E-state index in [1.165, 1.54) is 0 Å². The lowest BCUT2D eigenvalue weighted by atomic mass is 10.3. The fourth-order valence-corrected chi connectivity index (χ4v) is 2.33. The minimum atomic E-state index is -3.49.